The second-order valence-corrected chi connectivity index (χ2v) is 2.81. The van der Waals surface area contributed by atoms with Gasteiger partial charge >= 0.3 is 0 Å². The first-order valence-corrected chi connectivity index (χ1v) is 3.85. The van der Waals surface area contributed by atoms with Crippen LogP contribution in [0.15, 0.2) is 4.99 Å². The average Bonchev–Trinajstić information content (AvgIpc) is 2.06. The molecule has 0 amide bonds. The van der Waals surface area contributed by atoms with Gasteiger partial charge in [0, 0.05) is 0 Å². The topological polar surface area (TPSA) is 53.2 Å². The SMILES string of the molecule is N#CC1CCCCC1N=C=O. The van der Waals surface area contributed by atoms with E-state index in [1.807, 2.05) is 0 Å². The zero-order chi connectivity index (χ0) is 8.10. The zero-order valence-corrected chi connectivity index (χ0v) is 6.29. The highest BCUT2D eigenvalue weighted by Crippen LogP contribution is 2.25. The van der Waals surface area contributed by atoms with Gasteiger partial charge in [0.25, 0.3) is 0 Å². The number of isocyanates is 1. The third kappa shape index (κ3) is 1.89. The van der Waals surface area contributed by atoms with E-state index in [-0.39, 0.29) is 12.0 Å². The van der Waals surface area contributed by atoms with E-state index >= 15 is 0 Å². The summed E-state index contributed by atoms with van der Waals surface area (Å²) in [6, 6.07) is 2.09. The minimum absolute atomic E-state index is 0.0507. The Hall–Kier alpha value is -1.13. The van der Waals surface area contributed by atoms with Crippen LogP contribution in [0.2, 0.25) is 0 Å². The van der Waals surface area contributed by atoms with Crippen molar-refractivity contribution in [2.24, 2.45) is 10.9 Å². The Balaban J connectivity index is 2.60. The van der Waals surface area contributed by atoms with Crippen molar-refractivity contribution >= 4 is 6.08 Å². The molecule has 3 heteroatoms. The van der Waals surface area contributed by atoms with Gasteiger partial charge in [0.15, 0.2) is 0 Å². The summed E-state index contributed by atoms with van der Waals surface area (Å²) >= 11 is 0. The Bertz CT molecular complexity index is 213. The highest BCUT2D eigenvalue weighted by Gasteiger charge is 2.23. The number of nitriles is 1. The molecular weight excluding hydrogens is 140 g/mol. The lowest BCUT2D eigenvalue weighted by Gasteiger charge is -2.21. The van der Waals surface area contributed by atoms with E-state index < -0.39 is 0 Å². The van der Waals surface area contributed by atoms with Crippen LogP contribution < -0.4 is 0 Å². The van der Waals surface area contributed by atoms with Crippen LogP contribution in [0, 0.1) is 17.2 Å². The van der Waals surface area contributed by atoms with Crippen molar-refractivity contribution in [1.29, 1.82) is 5.26 Å². The van der Waals surface area contributed by atoms with Gasteiger partial charge in [-0.3, -0.25) is 0 Å². The van der Waals surface area contributed by atoms with Crippen molar-refractivity contribution in [3.05, 3.63) is 0 Å². The quantitative estimate of drug-likeness (QED) is 0.419. The summed E-state index contributed by atoms with van der Waals surface area (Å²) < 4.78 is 0. The number of hydrogen-bond acceptors (Lipinski definition) is 3. The highest BCUT2D eigenvalue weighted by atomic mass is 16.1. The average molecular weight is 150 g/mol. The molecule has 0 aromatic heterocycles. The van der Waals surface area contributed by atoms with Crippen molar-refractivity contribution in [3.63, 3.8) is 0 Å². The Labute approximate surface area is 65.7 Å². The fourth-order valence-corrected chi connectivity index (χ4v) is 1.48. The van der Waals surface area contributed by atoms with E-state index in [4.69, 9.17) is 5.26 Å². The molecule has 1 aliphatic rings. The smallest absolute Gasteiger partial charge is 0.211 e. The molecule has 0 radical (unpaired) electrons. The molecule has 0 N–H and O–H groups in total. The molecule has 0 aromatic rings. The van der Waals surface area contributed by atoms with Gasteiger partial charge in [-0.25, -0.2) is 9.79 Å². The number of hydrogen-bond donors (Lipinski definition) is 0. The molecule has 58 valence electrons. The van der Waals surface area contributed by atoms with Crippen LogP contribution in [0.3, 0.4) is 0 Å². The zero-order valence-electron chi connectivity index (χ0n) is 6.29. The van der Waals surface area contributed by atoms with Gasteiger partial charge in [0.2, 0.25) is 6.08 Å². The third-order valence-electron chi connectivity index (χ3n) is 2.11. The molecular formula is C8H10N2O. The van der Waals surface area contributed by atoms with E-state index in [1.54, 1.807) is 0 Å². The summed E-state index contributed by atoms with van der Waals surface area (Å²) in [5, 5.41) is 8.65. The maximum atomic E-state index is 9.93. The lowest BCUT2D eigenvalue weighted by atomic mass is 9.86. The van der Waals surface area contributed by atoms with Crippen LogP contribution in [-0.4, -0.2) is 12.1 Å². The van der Waals surface area contributed by atoms with E-state index in [2.05, 4.69) is 11.1 Å². The molecule has 0 spiro atoms. The standard InChI is InChI=1S/C8H10N2O/c9-5-7-3-1-2-4-8(7)10-6-11/h7-8H,1-4H2. The van der Waals surface area contributed by atoms with Crippen LogP contribution in [-0.2, 0) is 4.79 Å². The normalized spacial score (nSPS) is 30.1. The van der Waals surface area contributed by atoms with Crippen molar-refractivity contribution < 1.29 is 4.79 Å². The minimum Gasteiger partial charge on any atom is -0.211 e. The van der Waals surface area contributed by atoms with E-state index in [0.717, 1.165) is 25.7 Å². The van der Waals surface area contributed by atoms with Crippen molar-refractivity contribution in [3.8, 4) is 6.07 Å². The van der Waals surface area contributed by atoms with Crippen LogP contribution in [0.25, 0.3) is 0 Å². The number of nitrogens with zero attached hydrogens (tertiary/aromatic N) is 2. The molecule has 1 fully saturated rings. The first-order valence-electron chi connectivity index (χ1n) is 3.85. The minimum atomic E-state index is -0.0775. The summed E-state index contributed by atoms with van der Waals surface area (Å²) in [5.74, 6) is -0.0507. The molecule has 3 nitrogen and oxygen atoms in total. The predicted octanol–water partition coefficient (Wildman–Crippen LogP) is 1.40. The van der Waals surface area contributed by atoms with Gasteiger partial charge in [-0.15, -0.1) is 0 Å². The molecule has 1 saturated carbocycles. The van der Waals surface area contributed by atoms with Gasteiger partial charge in [0.05, 0.1) is 18.0 Å². The predicted molar refractivity (Wildman–Crippen MR) is 39.5 cm³/mol. The van der Waals surface area contributed by atoms with E-state index in [9.17, 15) is 4.79 Å². The molecule has 0 bridgehead atoms. The first kappa shape index (κ1) is 7.97. The molecule has 2 unspecified atom stereocenters. The fourth-order valence-electron chi connectivity index (χ4n) is 1.48. The summed E-state index contributed by atoms with van der Waals surface area (Å²) in [5.41, 5.74) is 0. The van der Waals surface area contributed by atoms with Gasteiger partial charge in [0.1, 0.15) is 0 Å². The molecule has 2 atom stereocenters. The summed E-state index contributed by atoms with van der Waals surface area (Å²) in [4.78, 5) is 13.5. The molecule has 11 heavy (non-hydrogen) atoms. The molecule has 1 rings (SSSR count). The van der Waals surface area contributed by atoms with Crippen LogP contribution >= 0.6 is 0 Å². The van der Waals surface area contributed by atoms with Gasteiger partial charge in [-0.2, -0.15) is 5.26 Å². The fraction of sp³-hybridized carbons (Fsp3) is 0.750. The molecule has 0 aliphatic heterocycles. The Morgan fingerprint density at radius 3 is 2.73 bits per heavy atom. The maximum Gasteiger partial charge on any atom is 0.235 e. The van der Waals surface area contributed by atoms with Crippen LogP contribution in [0.5, 0.6) is 0 Å². The Kier molecular flexibility index (Phi) is 2.83. The monoisotopic (exact) mass is 150 g/mol. The third-order valence-corrected chi connectivity index (χ3v) is 2.11. The van der Waals surface area contributed by atoms with E-state index in [0.29, 0.717) is 0 Å². The van der Waals surface area contributed by atoms with Crippen molar-refractivity contribution in [2.45, 2.75) is 31.7 Å². The highest BCUT2D eigenvalue weighted by molar-refractivity contribution is 5.34. The van der Waals surface area contributed by atoms with Crippen molar-refractivity contribution in [2.75, 3.05) is 0 Å². The number of carbonyl (C=O) groups excluding carboxylic acids is 1. The summed E-state index contributed by atoms with van der Waals surface area (Å²) in [6.45, 7) is 0. The maximum absolute atomic E-state index is 9.93. The van der Waals surface area contributed by atoms with E-state index in [1.165, 1.54) is 6.08 Å². The largest absolute Gasteiger partial charge is 0.235 e. The van der Waals surface area contributed by atoms with Crippen LogP contribution in [0.4, 0.5) is 0 Å². The Morgan fingerprint density at radius 2 is 2.09 bits per heavy atom. The summed E-state index contributed by atoms with van der Waals surface area (Å²) in [7, 11) is 0. The number of aliphatic imine (C=N–C) groups is 1. The first-order chi connectivity index (χ1) is 5.38. The van der Waals surface area contributed by atoms with Crippen LogP contribution in [0.1, 0.15) is 25.7 Å². The summed E-state index contributed by atoms with van der Waals surface area (Å²) in [6.07, 6.45) is 5.44. The molecule has 0 saturated heterocycles. The molecule has 0 aromatic carbocycles. The van der Waals surface area contributed by atoms with Gasteiger partial charge in [-0.05, 0) is 12.8 Å². The Morgan fingerprint density at radius 1 is 1.36 bits per heavy atom. The van der Waals surface area contributed by atoms with Crippen molar-refractivity contribution in [1.82, 2.24) is 0 Å². The second-order valence-electron chi connectivity index (χ2n) is 2.81. The van der Waals surface area contributed by atoms with Gasteiger partial charge in [-0.1, -0.05) is 12.8 Å². The number of rotatable bonds is 1. The second kappa shape index (κ2) is 3.90. The molecule has 0 heterocycles. The lowest BCUT2D eigenvalue weighted by Crippen LogP contribution is -2.21. The lowest BCUT2D eigenvalue weighted by molar-refractivity contribution is 0.369. The molecule has 1 aliphatic carbocycles. The van der Waals surface area contributed by atoms with Gasteiger partial charge < -0.3 is 0 Å².